The second-order valence-corrected chi connectivity index (χ2v) is 11.0. The minimum absolute atomic E-state index is 0.0269. The molecular formula is C23H23F3N8O3S. The van der Waals surface area contributed by atoms with Gasteiger partial charge in [0.05, 0.1) is 47.5 Å². The minimum Gasteiger partial charge on any atom is -0.352 e. The van der Waals surface area contributed by atoms with E-state index in [1.165, 1.54) is 13.1 Å². The van der Waals surface area contributed by atoms with Gasteiger partial charge in [0.15, 0.2) is 11.5 Å². The minimum atomic E-state index is -3.70. The molecule has 0 aliphatic heterocycles. The maximum Gasteiger partial charge on any atom is 0.295 e. The Hall–Kier alpha value is -4.14. The third-order valence-corrected chi connectivity index (χ3v) is 7.39. The van der Waals surface area contributed by atoms with Crippen LogP contribution >= 0.6 is 0 Å². The van der Waals surface area contributed by atoms with E-state index in [2.05, 4.69) is 30.6 Å². The molecule has 200 valence electrons. The number of imidazole rings is 2. The summed E-state index contributed by atoms with van der Waals surface area (Å²) in [5.41, 5.74) is 2.17. The van der Waals surface area contributed by atoms with Gasteiger partial charge in [-0.1, -0.05) is 6.07 Å². The number of carbonyl (C=O) groups is 1. The first-order valence-corrected chi connectivity index (χ1v) is 13.2. The van der Waals surface area contributed by atoms with Gasteiger partial charge in [-0.2, -0.15) is 0 Å². The Morgan fingerprint density at radius 1 is 1.24 bits per heavy atom. The van der Waals surface area contributed by atoms with E-state index in [0.717, 1.165) is 16.3 Å². The maximum atomic E-state index is 13.4. The number of nitrogens with zero attached hydrogens (tertiary/aromatic N) is 5. The molecule has 0 radical (unpaired) electrons. The van der Waals surface area contributed by atoms with Crippen LogP contribution in [0.4, 0.5) is 36.1 Å². The molecule has 3 N–H and O–H groups in total. The van der Waals surface area contributed by atoms with Crippen LogP contribution in [-0.4, -0.2) is 58.3 Å². The fourth-order valence-electron chi connectivity index (χ4n) is 3.94. The van der Waals surface area contributed by atoms with Gasteiger partial charge in [-0.25, -0.2) is 36.5 Å². The lowest BCUT2D eigenvalue weighted by molar-refractivity contribution is -0.117. The number of carbonyl (C=O) groups excluding carboxylic acids is 1. The van der Waals surface area contributed by atoms with E-state index >= 15 is 0 Å². The molecule has 38 heavy (non-hydrogen) atoms. The molecule has 1 aliphatic rings. The number of alkyl halides is 3. The van der Waals surface area contributed by atoms with Crippen LogP contribution in [0.1, 0.15) is 18.7 Å². The van der Waals surface area contributed by atoms with Crippen LogP contribution in [0.5, 0.6) is 0 Å². The standard InChI is InChI=1S/C23H23F3N8O3S/c1-33-10-27-9-17(33)11-4-5-14(16(6-11)34(2)38(3,36)37)28-15-8-18(30-23(35)12-7-13(12)24)29-21-19(15)31-22(32-21)20(25)26/h4-6,8-10,12-13,20H,7H2,1-3H3,(H3,28,29,30,31,32,35)/t12-,13+/m1/s1. The highest BCUT2D eigenvalue weighted by Gasteiger charge is 2.43. The van der Waals surface area contributed by atoms with Crippen molar-refractivity contribution >= 4 is 50.0 Å². The van der Waals surface area contributed by atoms with Gasteiger partial charge in [0, 0.05) is 25.7 Å². The van der Waals surface area contributed by atoms with Crippen molar-refractivity contribution in [1.29, 1.82) is 0 Å². The van der Waals surface area contributed by atoms with Crippen molar-refractivity contribution in [1.82, 2.24) is 24.5 Å². The summed E-state index contributed by atoms with van der Waals surface area (Å²) in [5, 5.41) is 5.56. The van der Waals surface area contributed by atoms with Gasteiger partial charge in [0.2, 0.25) is 15.9 Å². The van der Waals surface area contributed by atoms with E-state index in [4.69, 9.17) is 0 Å². The molecule has 1 amide bonds. The third-order valence-electron chi connectivity index (χ3n) is 6.20. The summed E-state index contributed by atoms with van der Waals surface area (Å²) in [5.74, 6) is -2.04. The van der Waals surface area contributed by atoms with Crippen molar-refractivity contribution in [3.63, 3.8) is 0 Å². The van der Waals surface area contributed by atoms with Gasteiger partial charge in [0.1, 0.15) is 17.5 Å². The number of aromatic nitrogens is 5. The molecule has 0 bridgehead atoms. The molecule has 11 nitrogen and oxygen atoms in total. The average Bonchev–Trinajstić information content (AvgIpc) is 3.22. The normalized spacial score (nSPS) is 17.1. The molecule has 0 unspecified atom stereocenters. The Morgan fingerprint density at radius 3 is 2.58 bits per heavy atom. The lowest BCUT2D eigenvalue weighted by Crippen LogP contribution is -2.25. The smallest absolute Gasteiger partial charge is 0.295 e. The molecule has 0 saturated heterocycles. The quantitative estimate of drug-likeness (QED) is 0.305. The number of nitrogens with one attached hydrogen (secondary N) is 3. The largest absolute Gasteiger partial charge is 0.352 e. The fourth-order valence-corrected chi connectivity index (χ4v) is 4.45. The van der Waals surface area contributed by atoms with E-state index in [1.807, 2.05) is 0 Å². The summed E-state index contributed by atoms with van der Waals surface area (Å²) < 4.78 is 67.9. The third kappa shape index (κ3) is 4.88. The Balaban J connectivity index is 1.60. The van der Waals surface area contributed by atoms with Crippen LogP contribution in [0.3, 0.4) is 0 Å². The van der Waals surface area contributed by atoms with Crippen LogP contribution < -0.4 is 14.9 Å². The van der Waals surface area contributed by atoms with E-state index in [1.54, 1.807) is 42.3 Å². The van der Waals surface area contributed by atoms with Gasteiger partial charge < -0.3 is 20.2 Å². The molecule has 1 aromatic carbocycles. The molecule has 15 heteroatoms. The zero-order valence-corrected chi connectivity index (χ0v) is 21.2. The van der Waals surface area contributed by atoms with Crippen LogP contribution in [-0.2, 0) is 21.9 Å². The Kier molecular flexibility index (Phi) is 6.25. The Labute approximate surface area is 215 Å². The lowest BCUT2D eigenvalue weighted by atomic mass is 10.1. The van der Waals surface area contributed by atoms with E-state index in [9.17, 15) is 26.4 Å². The van der Waals surface area contributed by atoms with E-state index < -0.39 is 40.3 Å². The zero-order chi connectivity index (χ0) is 27.4. The molecule has 0 spiro atoms. The average molecular weight is 549 g/mol. The summed E-state index contributed by atoms with van der Waals surface area (Å²) in [4.78, 5) is 26.9. The summed E-state index contributed by atoms with van der Waals surface area (Å²) in [6, 6.07) is 6.40. The summed E-state index contributed by atoms with van der Waals surface area (Å²) in [6.07, 6.45) is 0.230. The molecule has 3 aromatic heterocycles. The highest BCUT2D eigenvalue weighted by molar-refractivity contribution is 7.92. The number of benzene rings is 1. The van der Waals surface area contributed by atoms with Crippen LogP contribution in [0.2, 0.25) is 0 Å². The SMILES string of the molecule is CN(c1cc(-c2cncn2C)ccc1Nc1cc(NC(=O)[C@@H]2C[C@@H]2F)nc2nc(C(F)F)[nH]c12)S(C)(=O)=O. The second kappa shape index (κ2) is 9.31. The number of H-pyrrole nitrogens is 1. The van der Waals surface area contributed by atoms with Crippen molar-refractivity contribution in [2.45, 2.75) is 19.0 Å². The van der Waals surface area contributed by atoms with E-state index in [-0.39, 0.29) is 34.8 Å². The number of halogens is 3. The van der Waals surface area contributed by atoms with Gasteiger partial charge in [-0.05, 0) is 18.6 Å². The molecular weight excluding hydrogens is 525 g/mol. The maximum absolute atomic E-state index is 13.4. The fraction of sp³-hybridized carbons (Fsp3) is 0.304. The number of fused-ring (bicyclic) bond motifs is 1. The monoisotopic (exact) mass is 548 g/mol. The van der Waals surface area contributed by atoms with Crippen molar-refractivity contribution in [3.05, 3.63) is 42.6 Å². The summed E-state index contributed by atoms with van der Waals surface area (Å²) in [7, 11) is -0.526. The number of rotatable bonds is 8. The Morgan fingerprint density at radius 2 is 1.97 bits per heavy atom. The molecule has 5 rings (SSSR count). The highest BCUT2D eigenvalue weighted by atomic mass is 32.2. The van der Waals surface area contributed by atoms with Crippen molar-refractivity contribution in [2.24, 2.45) is 13.0 Å². The number of anilines is 4. The summed E-state index contributed by atoms with van der Waals surface area (Å²) >= 11 is 0. The zero-order valence-electron chi connectivity index (χ0n) is 20.4. The number of hydrogen-bond donors (Lipinski definition) is 3. The van der Waals surface area contributed by atoms with Crippen LogP contribution in [0.15, 0.2) is 36.8 Å². The highest BCUT2D eigenvalue weighted by Crippen LogP contribution is 2.38. The topological polar surface area (TPSA) is 138 Å². The first-order valence-electron chi connectivity index (χ1n) is 11.4. The van der Waals surface area contributed by atoms with Crippen molar-refractivity contribution < 1.29 is 26.4 Å². The molecule has 4 aromatic rings. The number of amides is 1. The molecule has 1 fully saturated rings. The molecule has 3 heterocycles. The molecule has 1 saturated carbocycles. The number of sulfonamides is 1. The van der Waals surface area contributed by atoms with Gasteiger partial charge in [0.25, 0.3) is 6.43 Å². The lowest BCUT2D eigenvalue weighted by Gasteiger charge is -2.22. The predicted molar refractivity (Wildman–Crippen MR) is 136 cm³/mol. The van der Waals surface area contributed by atoms with Crippen LogP contribution in [0, 0.1) is 5.92 Å². The van der Waals surface area contributed by atoms with Gasteiger partial charge in [-0.3, -0.25) is 9.10 Å². The number of aromatic amines is 1. The van der Waals surface area contributed by atoms with Gasteiger partial charge >= 0.3 is 0 Å². The molecule has 2 atom stereocenters. The van der Waals surface area contributed by atoms with E-state index in [0.29, 0.717) is 11.3 Å². The first kappa shape index (κ1) is 25.5. The molecule has 1 aliphatic carbocycles. The van der Waals surface area contributed by atoms with Gasteiger partial charge in [-0.15, -0.1) is 0 Å². The first-order chi connectivity index (χ1) is 17.9. The number of aryl methyl sites for hydroxylation is 1. The number of pyridine rings is 1. The predicted octanol–water partition coefficient (Wildman–Crippen LogP) is 3.73. The van der Waals surface area contributed by atoms with Crippen LogP contribution in [0.25, 0.3) is 22.4 Å². The van der Waals surface area contributed by atoms with Crippen molar-refractivity contribution in [2.75, 3.05) is 28.2 Å². The van der Waals surface area contributed by atoms with Crippen molar-refractivity contribution in [3.8, 4) is 11.3 Å². The number of hydrogen-bond acceptors (Lipinski definition) is 7. The second-order valence-electron chi connectivity index (χ2n) is 9.00. The Bertz CT molecular complexity index is 1650. The summed E-state index contributed by atoms with van der Waals surface area (Å²) in [6.45, 7) is 0.